The zero-order chi connectivity index (χ0) is 26.1. The molecule has 0 bridgehead atoms. The Morgan fingerprint density at radius 2 is 1.72 bits per heavy atom. The number of rotatable bonds is 12. The van der Waals surface area contributed by atoms with Gasteiger partial charge in [0.25, 0.3) is 5.91 Å². The quantitative estimate of drug-likeness (QED) is 0.334. The SMILES string of the molecule is COCCN(CC(=O)N(Cc1cccn1Cc1ccccc1Cl)CC(C)C)C(=O)c1ccc(C)cc1. The van der Waals surface area contributed by atoms with Crippen LogP contribution in [0.3, 0.4) is 0 Å². The van der Waals surface area contributed by atoms with Gasteiger partial charge in [0.05, 0.1) is 13.2 Å². The summed E-state index contributed by atoms with van der Waals surface area (Å²) in [5.74, 6) is 0.0129. The maximum absolute atomic E-state index is 13.6. The second kappa shape index (κ2) is 13.3. The van der Waals surface area contributed by atoms with Crippen molar-refractivity contribution >= 4 is 23.4 Å². The zero-order valence-electron chi connectivity index (χ0n) is 21.6. The second-order valence-electron chi connectivity index (χ2n) is 9.47. The summed E-state index contributed by atoms with van der Waals surface area (Å²) < 4.78 is 7.33. The molecule has 1 heterocycles. The summed E-state index contributed by atoms with van der Waals surface area (Å²) in [6.07, 6.45) is 2.00. The Labute approximate surface area is 219 Å². The number of hydrogen-bond acceptors (Lipinski definition) is 3. The number of ether oxygens (including phenoxy) is 1. The summed E-state index contributed by atoms with van der Waals surface area (Å²) in [5.41, 5.74) is 3.67. The number of aryl methyl sites for hydroxylation is 1. The fourth-order valence-electron chi connectivity index (χ4n) is 4.04. The van der Waals surface area contributed by atoms with E-state index < -0.39 is 0 Å². The van der Waals surface area contributed by atoms with Crippen molar-refractivity contribution < 1.29 is 14.3 Å². The number of halogens is 1. The molecule has 6 nitrogen and oxygen atoms in total. The van der Waals surface area contributed by atoms with Gasteiger partial charge in [-0.05, 0) is 48.7 Å². The van der Waals surface area contributed by atoms with Gasteiger partial charge in [-0.2, -0.15) is 0 Å². The number of nitrogens with zero attached hydrogens (tertiary/aromatic N) is 3. The van der Waals surface area contributed by atoms with Gasteiger partial charge in [0.1, 0.15) is 6.54 Å². The molecule has 0 fully saturated rings. The Balaban J connectivity index is 1.78. The van der Waals surface area contributed by atoms with Crippen molar-refractivity contribution in [1.29, 1.82) is 0 Å². The third-order valence-electron chi connectivity index (χ3n) is 5.99. The van der Waals surface area contributed by atoms with Gasteiger partial charge in [-0.25, -0.2) is 0 Å². The summed E-state index contributed by atoms with van der Waals surface area (Å²) in [6, 6.07) is 19.2. The van der Waals surface area contributed by atoms with Crippen LogP contribution in [0.1, 0.15) is 41.0 Å². The van der Waals surface area contributed by atoms with E-state index in [-0.39, 0.29) is 24.3 Å². The van der Waals surface area contributed by atoms with Crippen molar-refractivity contribution in [3.63, 3.8) is 0 Å². The van der Waals surface area contributed by atoms with Crippen LogP contribution in [-0.2, 0) is 22.6 Å². The van der Waals surface area contributed by atoms with Crippen molar-refractivity contribution in [2.75, 3.05) is 33.4 Å². The first-order valence-corrected chi connectivity index (χ1v) is 12.7. The molecule has 3 aromatic rings. The van der Waals surface area contributed by atoms with Crippen LogP contribution < -0.4 is 0 Å². The van der Waals surface area contributed by atoms with Gasteiger partial charge in [-0.1, -0.05) is 61.3 Å². The molecule has 0 spiro atoms. The molecule has 0 aliphatic heterocycles. The van der Waals surface area contributed by atoms with E-state index >= 15 is 0 Å². The van der Waals surface area contributed by atoms with Gasteiger partial charge >= 0.3 is 0 Å². The lowest BCUT2D eigenvalue weighted by atomic mass is 10.1. The van der Waals surface area contributed by atoms with Crippen molar-refractivity contribution in [2.45, 2.75) is 33.9 Å². The summed E-state index contributed by atoms with van der Waals surface area (Å²) >= 11 is 6.38. The molecule has 0 saturated heterocycles. The number of aromatic nitrogens is 1. The van der Waals surface area contributed by atoms with Gasteiger partial charge < -0.3 is 19.1 Å². The van der Waals surface area contributed by atoms with E-state index in [1.165, 1.54) is 0 Å². The molecule has 0 saturated carbocycles. The van der Waals surface area contributed by atoms with Crippen LogP contribution in [0, 0.1) is 12.8 Å². The third-order valence-corrected chi connectivity index (χ3v) is 6.36. The average Bonchev–Trinajstić information content (AvgIpc) is 3.29. The molecule has 0 aliphatic carbocycles. The van der Waals surface area contributed by atoms with Crippen molar-refractivity contribution in [3.05, 3.63) is 94.3 Å². The van der Waals surface area contributed by atoms with Gasteiger partial charge in [-0.15, -0.1) is 0 Å². The second-order valence-corrected chi connectivity index (χ2v) is 9.88. The molecule has 0 radical (unpaired) electrons. The lowest BCUT2D eigenvalue weighted by Crippen LogP contribution is -2.45. The monoisotopic (exact) mass is 509 g/mol. The highest BCUT2D eigenvalue weighted by atomic mass is 35.5. The first-order valence-electron chi connectivity index (χ1n) is 12.3. The highest BCUT2D eigenvalue weighted by molar-refractivity contribution is 6.31. The number of hydrogen-bond donors (Lipinski definition) is 0. The number of carbonyl (C=O) groups excluding carboxylic acids is 2. The van der Waals surface area contributed by atoms with Gasteiger partial charge in [0, 0.05) is 49.2 Å². The molecular weight excluding hydrogens is 474 g/mol. The van der Waals surface area contributed by atoms with E-state index in [9.17, 15) is 9.59 Å². The van der Waals surface area contributed by atoms with E-state index in [0.29, 0.717) is 38.3 Å². The minimum Gasteiger partial charge on any atom is -0.383 e. The predicted molar refractivity (Wildman–Crippen MR) is 144 cm³/mol. The summed E-state index contributed by atoms with van der Waals surface area (Å²) in [5, 5.41) is 0.718. The van der Waals surface area contributed by atoms with Crippen LogP contribution in [0.15, 0.2) is 66.9 Å². The van der Waals surface area contributed by atoms with Gasteiger partial charge in [0.2, 0.25) is 5.91 Å². The van der Waals surface area contributed by atoms with E-state index in [2.05, 4.69) is 18.4 Å². The van der Waals surface area contributed by atoms with E-state index in [0.717, 1.165) is 21.8 Å². The lowest BCUT2D eigenvalue weighted by molar-refractivity contribution is -0.133. The Morgan fingerprint density at radius 3 is 2.39 bits per heavy atom. The number of amides is 2. The summed E-state index contributed by atoms with van der Waals surface area (Å²) in [7, 11) is 1.59. The first-order chi connectivity index (χ1) is 17.3. The summed E-state index contributed by atoms with van der Waals surface area (Å²) in [4.78, 5) is 30.2. The molecular formula is C29H36ClN3O3. The smallest absolute Gasteiger partial charge is 0.254 e. The number of methoxy groups -OCH3 is 1. The molecule has 0 aliphatic rings. The molecule has 3 rings (SSSR count). The summed E-state index contributed by atoms with van der Waals surface area (Å²) in [6.45, 7) is 8.51. The van der Waals surface area contributed by atoms with Crippen LogP contribution >= 0.6 is 11.6 Å². The standard InChI is InChI=1S/C29H36ClN3O3/c1-22(2)18-33(20-26-9-7-15-31(26)19-25-8-5-6-10-27(25)30)28(34)21-32(16-17-36-4)29(35)24-13-11-23(3)12-14-24/h5-15,22H,16-21H2,1-4H3. The lowest BCUT2D eigenvalue weighted by Gasteiger charge is -2.29. The Bertz CT molecular complexity index is 1140. The van der Waals surface area contributed by atoms with Crippen LogP contribution in [0.2, 0.25) is 5.02 Å². The largest absolute Gasteiger partial charge is 0.383 e. The van der Waals surface area contributed by atoms with Crippen molar-refractivity contribution in [2.24, 2.45) is 5.92 Å². The molecule has 7 heteroatoms. The molecule has 2 aromatic carbocycles. The van der Waals surface area contributed by atoms with Crippen molar-refractivity contribution in [1.82, 2.24) is 14.4 Å². The van der Waals surface area contributed by atoms with Gasteiger partial charge in [0.15, 0.2) is 0 Å². The molecule has 0 unspecified atom stereocenters. The molecule has 0 N–H and O–H groups in total. The van der Waals surface area contributed by atoms with Crippen LogP contribution in [0.4, 0.5) is 0 Å². The topological polar surface area (TPSA) is 54.8 Å². The van der Waals surface area contributed by atoms with Crippen LogP contribution in [0.25, 0.3) is 0 Å². The minimum atomic E-state index is -0.174. The van der Waals surface area contributed by atoms with Crippen LogP contribution in [-0.4, -0.2) is 59.5 Å². The Morgan fingerprint density at radius 1 is 1.00 bits per heavy atom. The molecule has 192 valence electrons. The first kappa shape index (κ1) is 27.5. The third kappa shape index (κ3) is 7.70. The number of benzene rings is 2. The van der Waals surface area contributed by atoms with Crippen LogP contribution in [0.5, 0.6) is 0 Å². The van der Waals surface area contributed by atoms with E-state index in [1.54, 1.807) is 24.1 Å². The average molecular weight is 510 g/mol. The van der Waals surface area contributed by atoms with Gasteiger partial charge in [-0.3, -0.25) is 9.59 Å². The van der Waals surface area contributed by atoms with E-state index in [4.69, 9.17) is 16.3 Å². The minimum absolute atomic E-state index is 0.00594. The molecule has 2 amide bonds. The molecule has 1 aromatic heterocycles. The van der Waals surface area contributed by atoms with E-state index in [1.807, 2.05) is 66.6 Å². The maximum Gasteiger partial charge on any atom is 0.254 e. The predicted octanol–water partition coefficient (Wildman–Crippen LogP) is 5.27. The zero-order valence-corrected chi connectivity index (χ0v) is 22.4. The van der Waals surface area contributed by atoms with Crippen molar-refractivity contribution in [3.8, 4) is 0 Å². The molecule has 36 heavy (non-hydrogen) atoms. The molecule has 0 atom stereocenters. The highest BCUT2D eigenvalue weighted by Gasteiger charge is 2.24. The fourth-order valence-corrected chi connectivity index (χ4v) is 4.24. The number of carbonyl (C=O) groups is 2. The Hall–Kier alpha value is -3.09. The normalized spacial score (nSPS) is 11.1. The Kier molecular flexibility index (Phi) is 10.1. The fraction of sp³-hybridized carbons (Fsp3) is 0.379. The highest BCUT2D eigenvalue weighted by Crippen LogP contribution is 2.19. The maximum atomic E-state index is 13.6.